The average molecular weight is 319 g/mol. The van der Waals surface area contributed by atoms with Gasteiger partial charge in [-0.3, -0.25) is 0 Å². The molecular formula is C15H12BrFN2. The van der Waals surface area contributed by atoms with E-state index in [1.165, 1.54) is 12.1 Å². The maximum absolute atomic E-state index is 13.5. The van der Waals surface area contributed by atoms with E-state index < -0.39 is 5.82 Å². The highest BCUT2D eigenvalue weighted by atomic mass is 79.9. The topological polar surface area (TPSA) is 35.8 Å². The van der Waals surface area contributed by atoms with Crippen LogP contribution in [0.25, 0.3) is 0 Å². The van der Waals surface area contributed by atoms with Crippen LogP contribution < -0.4 is 5.32 Å². The lowest BCUT2D eigenvalue weighted by atomic mass is 10.1. The first-order valence-corrected chi connectivity index (χ1v) is 6.54. The molecule has 4 heteroatoms. The molecule has 19 heavy (non-hydrogen) atoms. The van der Waals surface area contributed by atoms with Gasteiger partial charge in [0.15, 0.2) is 0 Å². The average Bonchev–Trinajstić information content (AvgIpc) is 2.34. The molecule has 2 rings (SSSR count). The Morgan fingerprint density at radius 1 is 1.16 bits per heavy atom. The maximum Gasteiger partial charge on any atom is 0.143 e. The Labute approximate surface area is 120 Å². The zero-order chi connectivity index (χ0) is 14.0. The molecule has 0 amide bonds. The summed E-state index contributed by atoms with van der Waals surface area (Å²) in [6.45, 7) is 3.97. The van der Waals surface area contributed by atoms with Gasteiger partial charge in [-0.25, -0.2) is 4.39 Å². The lowest BCUT2D eigenvalue weighted by Gasteiger charge is -2.13. The molecule has 2 aromatic rings. The normalized spacial score (nSPS) is 10.1. The van der Waals surface area contributed by atoms with Crippen LogP contribution in [-0.2, 0) is 0 Å². The predicted molar refractivity (Wildman–Crippen MR) is 78.0 cm³/mol. The molecule has 0 radical (unpaired) electrons. The van der Waals surface area contributed by atoms with Crippen molar-refractivity contribution in [1.82, 2.24) is 0 Å². The van der Waals surface area contributed by atoms with Gasteiger partial charge in [0, 0.05) is 15.8 Å². The van der Waals surface area contributed by atoms with Crippen LogP contribution in [0.2, 0.25) is 0 Å². The summed E-state index contributed by atoms with van der Waals surface area (Å²) in [5.41, 5.74) is 3.76. The first kappa shape index (κ1) is 13.6. The van der Waals surface area contributed by atoms with Gasteiger partial charge in [-0.15, -0.1) is 0 Å². The van der Waals surface area contributed by atoms with Gasteiger partial charge in [-0.2, -0.15) is 5.26 Å². The number of aryl methyl sites for hydroxylation is 2. The molecule has 0 aliphatic heterocycles. The number of hydrogen-bond donors (Lipinski definition) is 1. The summed E-state index contributed by atoms with van der Waals surface area (Å²) < 4.78 is 14.6. The Kier molecular flexibility index (Phi) is 3.87. The van der Waals surface area contributed by atoms with Gasteiger partial charge in [-0.05, 0) is 55.3 Å². The Morgan fingerprint density at radius 2 is 1.79 bits per heavy atom. The Morgan fingerprint density at radius 3 is 2.32 bits per heavy atom. The lowest BCUT2D eigenvalue weighted by molar-refractivity contribution is 0.624. The van der Waals surface area contributed by atoms with Crippen LogP contribution >= 0.6 is 15.9 Å². The van der Waals surface area contributed by atoms with E-state index in [1.54, 1.807) is 6.07 Å². The third-order valence-electron chi connectivity index (χ3n) is 2.86. The Balaban J connectivity index is 2.37. The highest BCUT2D eigenvalue weighted by Gasteiger charge is 2.07. The van der Waals surface area contributed by atoms with Crippen LogP contribution in [0.1, 0.15) is 16.7 Å². The van der Waals surface area contributed by atoms with E-state index in [2.05, 4.69) is 21.2 Å². The van der Waals surface area contributed by atoms with Gasteiger partial charge in [0.25, 0.3) is 0 Å². The summed E-state index contributed by atoms with van der Waals surface area (Å²) in [4.78, 5) is 0. The molecule has 0 spiro atoms. The summed E-state index contributed by atoms with van der Waals surface area (Å²) in [6, 6.07) is 10.3. The third-order valence-corrected chi connectivity index (χ3v) is 3.31. The third kappa shape index (κ3) is 2.94. The van der Waals surface area contributed by atoms with Crippen molar-refractivity contribution in [2.24, 2.45) is 0 Å². The molecule has 0 saturated carbocycles. The van der Waals surface area contributed by atoms with Gasteiger partial charge < -0.3 is 5.32 Å². The molecule has 0 saturated heterocycles. The van der Waals surface area contributed by atoms with Crippen LogP contribution in [0.3, 0.4) is 0 Å². The van der Waals surface area contributed by atoms with Crippen LogP contribution in [0, 0.1) is 31.0 Å². The molecule has 0 bridgehead atoms. The molecule has 1 N–H and O–H groups in total. The fourth-order valence-corrected chi connectivity index (χ4v) is 2.62. The van der Waals surface area contributed by atoms with E-state index in [0.717, 1.165) is 21.3 Å². The van der Waals surface area contributed by atoms with Gasteiger partial charge in [0.2, 0.25) is 0 Å². The van der Waals surface area contributed by atoms with Crippen LogP contribution in [0.5, 0.6) is 0 Å². The van der Waals surface area contributed by atoms with E-state index in [-0.39, 0.29) is 5.56 Å². The molecule has 0 aromatic heterocycles. The van der Waals surface area contributed by atoms with Crippen molar-refractivity contribution in [3.8, 4) is 6.07 Å². The van der Waals surface area contributed by atoms with Crippen LogP contribution in [0.4, 0.5) is 15.8 Å². The molecule has 0 atom stereocenters. The van der Waals surface area contributed by atoms with Crippen molar-refractivity contribution in [3.05, 3.63) is 57.3 Å². The second-order valence-electron chi connectivity index (χ2n) is 4.35. The SMILES string of the molecule is Cc1cc(Br)cc(C)c1Nc1ccc(C#N)c(F)c1. The van der Waals surface area contributed by atoms with Crippen molar-refractivity contribution in [3.63, 3.8) is 0 Å². The summed E-state index contributed by atoms with van der Waals surface area (Å²) in [5.74, 6) is -0.514. The van der Waals surface area contributed by atoms with E-state index in [4.69, 9.17) is 5.26 Å². The van der Waals surface area contributed by atoms with E-state index >= 15 is 0 Å². The lowest BCUT2D eigenvalue weighted by Crippen LogP contribution is -1.97. The second kappa shape index (κ2) is 5.41. The number of hydrogen-bond acceptors (Lipinski definition) is 2. The van der Waals surface area contributed by atoms with Crippen molar-refractivity contribution in [1.29, 1.82) is 5.26 Å². The molecule has 96 valence electrons. The molecule has 0 unspecified atom stereocenters. The summed E-state index contributed by atoms with van der Waals surface area (Å²) in [5, 5.41) is 11.9. The molecule has 0 fully saturated rings. The first-order chi connectivity index (χ1) is 9.01. The predicted octanol–water partition coefficient (Wildman–Crippen LogP) is 4.82. The fourth-order valence-electron chi connectivity index (χ4n) is 1.94. The van der Waals surface area contributed by atoms with Gasteiger partial charge in [-0.1, -0.05) is 15.9 Å². The smallest absolute Gasteiger partial charge is 0.143 e. The number of nitrogens with one attached hydrogen (secondary N) is 1. The summed E-state index contributed by atoms with van der Waals surface area (Å²) in [6.07, 6.45) is 0. The molecule has 2 nitrogen and oxygen atoms in total. The zero-order valence-corrected chi connectivity index (χ0v) is 12.2. The molecule has 2 aromatic carbocycles. The van der Waals surface area contributed by atoms with Crippen molar-refractivity contribution in [2.75, 3.05) is 5.32 Å². The molecular weight excluding hydrogens is 307 g/mol. The molecule has 0 aliphatic carbocycles. The van der Waals surface area contributed by atoms with Crippen molar-refractivity contribution >= 4 is 27.3 Å². The summed E-state index contributed by atoms with van der Waals surface area (Å²) >= 11 is 3.44. The van der Waals surface area contributed by atoms with Crippen LogP contribution in [0.15, 0.2) is 34.8 Å². The highest BCUT2D eigenvalue weighted by Crippen LogP contribution is 2.28. The Hall–Kier alpha value is -1.86. The Bertz CT molecular complexity index is 651. The van der Waals surface area contributed by atoms with E-state index in [1.807, 2.05) is 32.0 Å². The van der Waals surface area contributed by atoms with Gasteiger partial charge in [0.1, 0.15) is 11.9 Å². The number of halogens is 2. The zero-order valence-electron chi connectivity index (χ0n) is 10.6. The maximum atomic E-state index is 13.5. The monoisotopic (exact) mass is 318 g/mol. The minimum Gasteiger partial charge on any atom is -0.355 e. The number of rotatable bonds is 2. The number of benzene rings is 2. The molecule has 0 heterocycles. The van der Waals surface area contributed by atoms with Crippen molar-refractivity contribution in [2.45, 2.75) is 13.8 Å². The van der Waals surface area contributed by atoms with Gasteiger partial charge >= 0.3 is 0 Å². The first-order valence-electron chi connectivity index (χ1n) is 5.74. The fraction of sp³-hybridized carbons (Fsp3) is 0.133. The highest BCUT2D eigenvalue weighted by molar-refractivity contribution is 9.10. The quantitative estimate of drug-likeness (QED) is 0.861. The van der Waals surface area contributed by atoms with E-state index in [0.29, 0.717) is 5.69 Å². The van der Waals surface area contributed by atoms with E-state index in [9.17, 15) is 4.39 Å². The summed E-state index contributed by atoms with van der Waals surface area (Å²) in [7, 11) is 0. The largest absolute Gasteiger partial charge is 0.355 e. The second-order valence-corrected chi connectivity index (χ2v) is 5.26. The van der Waals surface area contributed by atoms with Crippen molar-refractivity contribution < 1.29 is 4.39 Å². The number of nitrogens with zero attached hydrogens (tertiary/aromatic N) is 1. The number of nitriles is 1. The minimum absolute atomic E-state index is 0.0507. The minimum atomic E-state index is -0.514. The molecule has 0 aliphatic rings. The standard InChI is InChI=1S/C15H12BrFN2/c1-9-5-12(16)6-10(2)15(9)19-13-4-3-11(8-18)14(17)7-13/h3-7,19H,1-2H3. The number of anilines is 2. The van der Waals surface area contributed by atoms with Crippen LogP contribution in [-0.4, -0.2) is 0 Å². The van der Waals surface area contributed by atoms with Gasteiger partial charge in [0.05, 0.1) is 5.56 Å².